The van der Waals surface area contributed by atoms with Gasteiger partial charge >= 0.3 is 0 Å². The largest absolute Gasteiger partial charge is 0.380 e. The van der Waals surface area contributed by atoms with E-state index in [1.807, 2.05) is 6.92 Å². The third kappa shape index (κ3) is 6.51. The molecule has 0 bridgehead atoms. The highest BCUT2D eigenvalue weighted by molar-refractivity contribution is 5.74. The van der Waals surface area contributed by atoms with Crippen molar-refractivity contribution in [3.63, 3.8) is 0 Å². The molecular weight excluding hydrogens is 170 g/mol. The Labute approximate surface area is 78.8 Å². The summed E-state index contributed by atoms with van der Waals surface area (Å²) in [4.78, 5) is 10.6. The van der Waals surface area contributed by atoms with Crippen LogP contribution in [0.4, 0.5) is 0 Å². The van der Waals surface area contributed by atoms with Gasteiger partial charge in [-0.05, 0) is 6.92 Å². The van der Waals surface area contributed by atoms with Crippen LogP contribution in [-0.2, 0) is 9.53 Å². The first-order valence-electron chi connectivity index (χ1n) is 4.34. The molecule has 0 rings (SSSR count). The lowest BCUT2D eigenvalue weighted by atomic mass is 10.2. The van der Waals surface area contributed by atoms with Gasteiger partial charge in [-0.2, -0.15) is 0 Å². The number of carbonyl (C=O) groups is 1. The molecule has 0 fully saturated rings. The Morgan fingerprint density at radius 3 is 2.62 bits per heavy atom. The lowest BCUT2D eigenvalue weighted by Gasteiger charge is -2.17. The Balaban J connectivity index is 3.65. The SMILES string of the molecule is COC(C)CNC(CN)CC(N)=O. The van der Waals surface area contributed by atoms with Gasteiger partial charge in [0, 0.05) is 32.7 Å². The van der Waals surface area contributed by atoms with E-state index < -0.39 is 0 Å². The van der Waals surface area contributed by atoms with Crippen LogP contribution in [0, 0.1) is 0 Å². The Morgan fingerprint density at radius 2 is 2.23 bits per heavy atom. The number of methoxy groups -OCH3 is 1. The van der Waals surface area contributed by atoms with Crippen molar-refractivity contribution in [1.29, 1.82) is 0 Å². The molecule has 0 aliphatic heterocycles. The average molecular weight is 189 g/mol. The number of primary amides is 1. The summed E-state index contributed by atoms with van der Waals surface area (Å²) in [6.45, 7) is 3.01. The number of ether oxygens (including phenoxy) is 1. The standard InChI is InChI=1S/C8H19N3O2/c1-6(13-2)5-11-7(4-9)3-8(10)12/h6-7,11H,3-5,9H2,1-2H3,(H2,10,12). The maximum atomic E-state index is 10.6. The van der Waals surface area contributed by atoms with Crippen LogP contribution in [0.2, 0.25) is 0 Å². The van der Waals surface area contributed by atoms with Gasteiger partial charge in [0.25, 0.3) is 0 Å². The van der Waals surface area contributed by atoms with Crippen molar-refractivity contribution in [2.75, 3.05) is 20.2 Å². The van der Waals surface area contributed by atoms with Crippen LogP contribution in [0.3, 0.4) is 0 Å². The number of hydrogen-bond donors (Lipinski definition) is 3. The van der Waals surface area contributed by atoms with Crippen LogP contribution >= 0.6 is 0 Å². The van der Waals surface area contributed by atoms with Crippen LogP contribution in [0.5, 0.6) is 0 Å². The quantitative estimate of drug-likeness (QED) is 0.470. The highest BCUT2D eigenvalue weighted by Gasteiger charge is 2.10. The van der Waals surface area contributed by atoms with E-state index in [4.69, 9.17) is 16.2 Å². The van der Waals surface area contributed by atoms with Gasteiger partial charge in [-0.15, -0.1) is 0 Å². The van der Waals surface area contributed by atoms with Crippen molar-refractivity contribution in [1.82, 2.24) is 5.32 Å². The molecule has 0 aromatic rings. The molecule has 1 amide bonds. The number of hydrogen-bond acceptors (Lipinski definition) is 4. The summed E-state index contributed by atoms with van der Waals surface area (Å²) in [5, 5.41) is 3.10. The number of nitrogens with one attached hydrogen (secondary N) is 1. The summed E-state index contributed by atoms with van der Waals surface area (Å²) in [6.07, 6.45) is 0.384. The summed E-state index contributed by atoms with van der Waals surface area (Å²) in [5.41, 5.74) is 10.5. The zero-order valence-corrected chi connectivity index (χ0v) is 8.25. The molecular formula is C8H19N3O2. The van der Waals surface area contributed by atoms with Crippen LogP contribution in [0.15, 0.2) is 0 Å². The van der Waals surface area contributed by atoms with E-state index in [1.54, 1.807) is 7.11 Å². The average Bonchev–Trinajstić information content (AvgIpc) is 2.10. The highest BCUT2D eigenvalue weighted by Crippen LogP contribution is 1.91. The van der Waals surface area contributed by atoms with E-state index >= 15 is 0 Å². The fourth-order valence-corrected chi connectivity index (χ4v) is 0.898. The predicted octanol–water partition coefficient (Wildman–Crippen LogP) is -1.19. The number of carbonyl (C=O) groups excluding carboxylic acids is 1. The van der Waals surface area contributed by atoms with Crippen LogP contribution in [0.1, 0.15) is 13.3 Å². The van der Waals surface area contributed by atoms with Gasteiger partial charge in [-0.25, -0.2) is 0 Å². The summed E-state index contributed by atoms with van der Waals surface area (Å²) >= 11 is 0. The second-order valence-electron chi connectivity index (χ2n) is 3.06. The molecule has 0 aromatic carbocycles. The highest BCUT2D eigenvalue weighted by atomic mass is 16.5. The van der Waals surface area contributed by atoms with E-state index in [-0.39, 0.29) is 24.5 Å². The van der Waals surface area contributed by atoms with Crippen molar-refractivity contribution in [2.45, 2.75) is 25.5 Å². The van der Waals surface area contributed by atoms with Gasteiger partial charge in [-0.1, -0.05) is 0 Å². The van der Waals surface area contributed by atoms with Crippen molar-refractivity contribution >= 4 is 5.91 Å². The number of rotatable bonds is 7. The third-order valence-corrected chi connectivity index (χ3v) is 1.83. The van der Waals surface area contributed by atoms with Crippen molar-refractivity contribution < 1.29 is 9.53 Å². The first-order chi connectivity index (χ1) is 6.10. The van der Waals surface area contributed by atoms with Crippen LogP contribution in [0.25, 0.3) is 0 Å². The molecule has 0 saturated heterocycles. The predicted molar refractivity (Wildman–Crippen MR) is 51.1 cm³/mol. The smallest absolute Gasteiger partial charge is 0.219 e. The molecule has 5 N–H and O–H groups in total. The van der Waals surface area contributed by atoms with Gasteiger partial charge in [0.15, 0.2) is 0 Å². The maximum absolute atomic E-state index is 10.6. The molecule has 0 heterocycles. The minimum atomic E-state index is -0.340. The molecule has 0 aliphatic carbocycles. The molecule has 0 aliphatic rings. The Hall–Kier alpha value is -0.650. The van der Waals surface area contributed by atoms with E-state index in [1.165, 1.54) is 0 Å². The fourth-order valence-electron chi connectivity index (χ4n) is 0.898. The molecule has 0 aromatic heterocycles. The lowest BCUT2D eigenvalue weighted by Crippen LogP contribution is -2.42. The number of nitrogens with two attached hydrogens (primary N) is 2. The zero-order valence-electron chi connectivity index (χ0n) is 8.25. The van der Waals surface area contributed by atoms with Gasteiger partial charge < -0.3 is 21.5 Å². The Morgan fingerprint density at radius 1 is 1.62 bits per heavy atom. The van der Waals surface area contributed by atoms with Gasteiger partial charge in [0.05, 0.1) is 6.10 Å². The monoisotopic (exact) mass is 189 g/mol. The molecule has 13 heavy (non-hydrogen) atoms. The molecule has 2 unspecified atom stereocenters. The molecule has 0 saturated carbocycles. The van der Waals surface area contributed by atoms with E-state index in [9.17, 15) is 4.79 Å². The summed E-state index contributed by atoms with van der Waals surface area (Å²) in [7, 11) is 1.64. The third-order valence-electron chi connectivity index (χ3n) is 1.83. The Bertz CT molecular complexity index is 152. The van der Waals surface area contributed by atoms with Gasteiger partial charge in [-0.3, -0.25) is 4.79 Å². The maximum Gasteiger partial charge on any atom is 0.219 e. The molecule has 5 heteroatoms. The molecule has 2 atom stereocenters. The molecule has 78 valence electrons. The molecule has 0 radical (unpaired) electrons. The van der Waals surface area contributed by atoms with Gasteiger partial charge in [0.1, 0.15) is 0 Å². The second-order valence-corrected chi connectivity index (χ2v) is 3.06. The zero-order chi connectivity index (χ0) is 10.3. The summed E-state index contributed by atoms with van der Waals surface area (Å²) in [5.74, 6) is -0.340. The number of amides is 1. The van der Waals surface area contributed by atoms with E-state index in [0.29, 0.717) is 13.1 Å². The summed E-state index contributed by atoms with van der Waals surface area (Å²) < 4.78 is 5.03. The fraction of sp³-hybridized carbons (Fsp3) is 0.875. The van der Waals surface area contributed by atoms with E-state index in [0.717, 1.165) is 0 Å². The van der Waals surface area contributed by atoms with Crippen molar-refractivity contribution in [3.8, 4) is 0 Å². The van der Waals surface area contributed by atoms with Crippen molar-refractivity contribution in [3.05, 3.63) is 0 Å². The minimum Gasteiger partial charge on any atom is -0.380 e. The first kappa shape index (κ1) is 12.3. The van der Waals surface area contributed by atoms with Crippen LogP contribution in [-0.4, -0.2) is 38.3 Å². The topological polar surface area (TPSA) is 90.4 Å². The molecule has 0 spiro atoms. The molecule has 5 nitrogen and oxygen atoms in total. The normalized spacial score (nSPS) is 15.3. The van der Waals surface area contributed by atoms with Crippen LogP contribution < -0.4 is 16.8 Å². The van der Waals surface area contributed by atoms with E-state index in [2.05, 4.69) is 5.32 Å². The van der Waals surface area contributed by atoms with Crippen molar-refractivity contribution in [2.24, 2.45) is 11.5 Å². The second kappa shape index (κ2) is 6.82. The summed E-state index contributed by atoms with van der Waals surface area (Å²) in [6, 6.07) is -0.0462. The minimum absolute atomic E-state index is 0.0462. The Kier molecular flexibility index (Phi) is 6.48. The lowest BCUT2D eigenvalue weighted by molar-refractivity contribution is -0.118. The first-order valence-corrected chi connectivity index (χ1v) is 4.34. The van der Waals surface area contributed by atoms with Gasteiger partial charge in [0.2, 0.25) is 5.91 Å².